The lowest BCUT2D eigenvalue weighted by Gasteiger charge is -2.08. The highest BCUT2D eigenvalue weighted by Gasteiger charge is 2.23. The van der Waals surface area contributed by atoms with E-state index in [-0.39, 0.29) is 10.4 Å². The zero-order chi connectivity index (χ0) is 16.4. The van der Waals surface area contributed by atoms with Gasteiger partial charge in [-0.05, 0) is 24.3 Å². The Morgan fingerprint density at radius 2 is 1.91 bits per heavy atom. The summed E-state index contributed by atoms with van der Waals surface area (Å²) in [6.07, 6.45) is 0. The van der Waals surface area contributed by atoms with Gasteiger partial charge in [0.15, 0.2) is 9.84 Å². The van der Waals surface area contributed by atoms with Crippen molar-refractivity contribution in [1.82, 2.24) is 8.75 Å². The molecule has 3 rings (SSSR count). The minimum absolute atomic E-state index is 0.00180. The molecule has 6 nitrogen and oxygen atoms in total. The summed E-state index contributed by atoms with van der Waals surface area (Å²) in [6, 6.07) is 11.3. The third-order valence-electron chi connectivity index (χ3n) is 3.05. The quantitative estimate of drug-likeness (QED) is 0.765. The predicted molar refractivity (Wildman–Crippen MR) is 89.5 cm³/mol. The van der Waals surface area contributed by atoms with Crippen LogP contribution in [0.1, 0.15) is 0 Å². The SMILES string of the molecule is O=C(CS(=O)(=O)c1cccc2nsnc12)Nc1ccccc1Cl. The van der Waals surface area contributed by atoms with Crippen molar-refractivity contribution in [2.45, 2.75) is 4.90 Å². The number of benzene rings is 2. The van der Waals surface area contributed by atoms with E-state index in [1.165, 1.54) is 6.07 Å². The number of nitrogens with zero attached hydrogens (tertiary/aromatic N) is 2. The zero-order valence-electron chi connectivity index (χ0n) is 11.6. The highest BCUT2D eigenvalue weighted by molar-refractivity contribution is 7.92. The monoisotopic (exact) mass is 367 g/mol. The standard InChI is InChI=1S/C14H10ClN3O3S2/c15-9-4-1-2-5-10(9)16-13(19)8-23(20,21)12-7-3-6-11-14(12)18-22-17-11/h1-7H,8H2,(H,16,19). The molecular weight excluding hydrogens is 358 g/mol. The number of carbonyl (C=O) groups excluding carboxylic acids is 1. The normalized spacial score (nSPS) is 11.5. The number of amides is 1. The van der Waals surface area contributed by atoms with Crippen LogP contribution in [0.3, 0.4) is 0 Å². The number of rotatable bonds is 4. The second-order valence-electron chi connectivity index (χ2n) is 4.68. The number of anilines is 1. The predicted octanol–water partition coefficient (Wildman–Crippen LogP) is 2.76. The van der Waals surface area contributed by atoms with Gasteiger partial charge in [-0.1, -0.05) is 29.8 Å². The Morgan fingerprint density at radius 1 is 1.13 bits per heavy atom. The van der Waals surface area contributed by atoms with E-state index in [0.717, 1.165) is 11.7 Å². The number of hydrogen-bond acceptors (Lipinski definition) is 6. The van der Waals surface area contributed by atoms with Crippen LogP contribution in [0.4, 0.5) is 5.69 Å². The van der Waals surface area contributed by atoms with Gasteiger partial charge in [-0.3, -0.25) is 4.79 Å². The Balaban J connectivity index is 1.85. The maximum absolute atomic E-state index is 12.5. The van der Waals surface area contributed by atoms with Crippen molar-refractivity contribution in [3.05, 3.63) is 47.5 Å². The van der Waals surface area contributed by atoms with Crippen molar-refractivity contribution in [2.75, 3.05) is 11.1 Å². The molecular formula is C14H10ClN3O3S2. The minimum Gasteiger partial charge on any atom is -0.324 e. The molecule has 0 aliphatic heterocycles. The Morgan fingerprint density at radius 3 is 2.70 bits per heavy atom. The van der Waals surface area contributed by atoms with Crippen LogP contribution in [0.5, 0.6) is 0 Å². The third kappa shape index (κ3) is 3.34. The first-order chi connectivity index (χ1) is 11.0. The molecule has 0 radical (unpaired) electrons. The van der Waals surface area contributed by atoms with Crippen LogP contribution in [0.25, 0.3) is 11.0 Å². The fraction of sp³-hybridized carbons (Fsp3) is 0.0714. The molecule has 0 aliphatic rings. The summed E-state index contributed by atoms with van der Waals surface area (Å²) in [7, 11) is -3.84. The summed E-state index contributed by atoms with van der Waals surface area (Å²) in [5.41, 5.74) is 1.13. The number of halogens is 1. The summed E-state index contributed by atoms with van der Waals surface area (Å²) in [6.45, 7) is 0. The van der Waals surface area contributed by atoms with Crippen LogP contribution in [-0.4, -0.2) is 28.8 Å². The van der Waals surface area contributed by atoms with Gasteiger partial charge in [-0.25, -0.2) is 8.42 Å². The van der Waals surface area contributed by atoms with E-state index < -0.39 is 21.5 Å². The number of nitrogens with one attached hydrogen (secondary N) is 1. The van der Waals surface area contributed by atoms with Crippen LogP contribution in [0.15, 0.2) is 47.4 Å². The van der Waals surface area contributed by atoms with E-state index in [1.54, 1.807) is 36.4 Å². The molecule has 1 heterocycles. The van der Waals surface area contributed by atoms with E-state index in [0.29, 0.717) is 16.2 Å². The molecule has 9 heteroatoms. The molecule has 0 bridgehead atoms. The highest BCUT2D eigenvalue weighted by Crippen LogP contribution is 2.23. The number of aromatic nitrogens is 2. The van der Waals surface area contributed by atoms with Gasteiger partial charge in [0.05, 0.1) is 27.3 Å². The number of hydrogen-bond donors (Lipinski definition) is 1. The Hall–Kier alpha value is -2.03. The van der Waals surface area contributed by atoms with Crippen molar-refractivity contribution >= 4 is 55.8 Å². The van der Waals surface area contributed by atoms with Crippen molar-refractivity contribution < 1.29 is 13.2 Å². The first kappa shape index (κ1) is 15.9. The van der Waals surface area contributed by atoms with E-state index in [9.17, 15) is 13.2 Å². The zero-order valence-corrected chi connectivity index (χ0v) is 14.0. The van der Waals surface area contributed by atoms with Gasteiger partial charge in [-0.15, -0.1) is 0 Å². The Bertz CT molecular complexity index is 986. The second kappa shape index (κ2) is 6.23. The molecule has 0 spiro atoms. The van der Waals surface area contributed by atoms with Crippen molar-refractivity contribution in [3.63, 3.8) is 0 Å². The van der Waals surface area contributed by atoms with E-state index in [4.69, 9.17) is 11.6 Å². The summed E-state index contributed by atoms with van der Waals surface area (Å²) < 4.78 is 32.9. The molecule has 0 saturated heterocycles. The highest BCUT2D eigenvalue weighted by atomic mass is 35.5. The smallest absolute Gasteiger partial charge is 0.240 e. The summed E-state index contributed by atoms with van der Waals surface area (Å²) in [4.78, 5) is 12.0. The first-order valence-corrected chi connectivity index (χ1v) is 9.22. The van der Waals surface area contributed by atoms with Crippen molar-refractivity contribution in [2.24, 2.45) is 0 Å². The van der Waals surface area contributed by atoms with Crippen molar-refractivity contribution in [1.29, 1.82) is 0 Å². The van der Waals surface area contributed by atoms with Crippen LogP contribution in [0.2, 0.25) is 5.02 Å². The lowest BCUT2D eigenvalue weighted by Crippen LogP contribution is -2.23. The van der Waals surface area contributed by atoms with Gasteiger partial charge >= 0.3 is 0 Å². The molecule has 2 aromatic carbocycles. The maximum Gasteiger partial charge on any atom is 0.240 e. The van der Waals surface area contributed by atoms with Crippen molar-refractivity contribution in [3.8, 4) is 0 Å². The van der Waals surface area contributed by atoms with Gasteiger partial charge in [0.25, 0.3) is 0 Å². The fourth-order valence-corrected chi connectivity index (χ4v) is 4.13. The summed E-state index contributed by atoms with van der Waals surface area (Å²) in [5, 5.41) is 2.83. The number of fused-ring (bicyclic) bond motifs is 1. The number of sulfone groups is 1. The molecule has 23 heavy (non-hydrogen) atoms. The van der Waals surface area contributed by atoms with Gasteiger partial charge in [0.1, 0.15) is 16.8 Å². The lowest BCUT2D eigenvalue weighted by molar-refractivity contribution is -0.113. The number of carbonyl (C=O) groups is 1. The van der Waals surface area contributed by atoms with Crippen LogP contribution in [-0.2, 0) is 14.6 Å². The summed E-state index contributed by atoms with van der Waals surface area (Å²) >= 11 is 6.86. The average molecular weight is 368 g/mol. The molecule has 0 atom stereocenters. The van der Waals surface area contributed by atoms with E-state index in [2.05, 4.69) is 14.1 Å². The summed E-state index contributed by atoms with van der Waals surface area (Å²) in [5.74, 6) is -1.37. The fourth-order valence-electron chi connectivity index (χ4n) is 2.03. The van der Waals surface area contributed by atoms with Gasteiger partial charge in [0.2, 0.25) is 5.91 Å². The third-order valence-corrected chi connectivity index (χ3v) is 5.57. The average Bonchev–Trinajstić information content (AvgIpc) is 2.97. The molecule has 0 aliphatic carbocycles. The molecule has 1 N–H and O–H groups in total. The van der Waals surface area contributed by atoms with Gasteiger partial charge in [-0.2, -0.15) is 8.75 Å². The molecule has 0 fully saturated rings. The van der Waals surface area contributed by atoms with Gasteiger partial charge in [0, 0.05) is 0 Å². The molecule has 118 valence electrons. The molecule has 0 saturated carbocycles. The van der Waals surface area contributed by atoms with E-state index in [1.807, 2.05) is 0 Å². The maximum atomic E-state index is 12.5. The second-order valence-corrected chi connectivity index (χ2v) is 7.57. The molecule has 0 unspecified atom stereocenters. The first-order valence-electron chi connectivity index (χ1n) is 6.46. The molecule has 1 amide bonds. The molecule has 1 aromatic heterocycles. The Labute approximate surface area is 141 Å². The topological polar surface area (TPSA) is 89.0 Å². The van der Waals surface area contributed by atoms with Crippen LogP contribution < -0.4 is 5.32 Å². The van der Waals surface area contributed by atoms with Crippen LogP contribution >= 0.6 is 23.3 Å². The Kier molecular flexibility index (Phi) is 4.29. The lowest BCUT2D eigenvalue weighted by atomic mass is 10.3. The van der Waals surface area contributed by atoms with E-state index >= 15 is 0 Å². The van der Waals surface area contributed by atoms with Crippen LogP contribution in [0, 0.1) is 0 Å². The number of para-hydroxylation sites is 1. The van der Waals surface area contributed by atoms with Gasteiger partial charge < -0.3 is 5.32 Å². The largest absolute Gasteiger partial charge is 0.324 e. The molecule has 3 aromatic rings. The minimum atomic E-state index is -3.84.